The van der Waals surface area contributed by atoms with Gasteiger partial charge in [0.1, 0.15) is 0 Å². The Morgan fingerprint density at radius 2 is 1.95 bits per heavy atom. The summed E-state index contributed by atoms with van der Waals surface area (Å²) in [7, 11) is 0. The Bertz CT molecular complexity index is 593. The van der Waals surface area contributed by atoms with E-state index in [1.54, 1.807) is 29.4 Å². The van der Waals surface area contributed by atoms with Gasteiger partial charge in [-0.15, -0.1) is 0 Å². The molecule has 0 bridgehead atoms. The van der Waals surface area contributed by atoms with Gasteiger partial charge in [-0.05, 0) is 49.2 Å². The molecule has 4 heteroatoms. The van der Waals surface area contributed by atoms with Crippen LogP contribution >= 0.6 is 0 Å². The second kappa shape index (κ2) is 6.19. The van der Waals surface area contributed by atoms with E-state index < -0.39 is 0 Å². The average molecular weight is 269 g/mol. The summed E-state index contributed by atoms with van der Waals surface area (Å²) in [5.74, 6) is -0.0344. The van der Waals surface area contributed by atoms with Crippen LogP contribution in [-0.2, 0) is 0 Å². The summed E-state index contributed by atoms with van der Waals surface area (Å²) >= 11 is 0. The molecule has 2 rings (SSSR count). The van der Waals surface area contributed by atoms with Crippen molar-refractivity contribution in [1.29, 1.82) is 0 Å². The summed E-state index contributed by atoms with van der Waals surface area (Å²) in [6.07, 6.45) is 4.23. The van der Waals surface area contributed by atoms with E-state index in [1.165, 1.54) is 0 Å². The van der Waals surface area contributed by atoms with Crippen molar-refractivity contribution in [2.75, 3.05) is 17.2 Å². The molecule has 1 aromatic carbocycles. The molecule has 1 amide bonds. The van der Waals surface area contributed by atoms with E-state index in [4.69, 9.17) is 5.73 Å². The number of aromatic nitrogens is 1. The summed E-state index contributed by atoms with van der Waals surface area (Å²) < 4.78 is 0. The van der Waals surface area contributed by atoms with Gasteiger partial charge in [0.2, 0.25) is 0 Å². The van der Waals surface area contributed by atoms with Crippen molar-refractivity contribution >= 4 is 17.3 Å². The number of anilines is 2. The van der Waals surface area contributed by atoms with Crippen LogP contribution in [-0.4, -0.2) is 17.4 Å². The Hall–Kier alpha value is -2.36. The smallest absolute Gasteiger partial charge is 0.259 e. The SMILES string of the molecule is CCCN(C(=O)c1cncc(C)c1)c1ccc(N)cc1. The van der Waals surface area contributed by atoms with Gasteiger partial charge in [0.25, 0.3) is 5.91 Å². The lowest BCUT2D eigenvalue weighted by atomic mass is 10.1. The zero-order chi connectivity index (χ0) is 14.5. The van der Waals surface area contributed by atoms with Crippen LogP contribution in [0.15, 0.2) is 42.7 Å². The number of pyridine rings is 1. The number of rotatable bonds is 4. The van der Waals surface area contributed by atoms with Crippen molar-refractivity contribution in [2.45, 2.75) is 20.3 Å². The number of nitrogens with zero attached hydrogens (tertiary/aromatic N) is 2. The number of carbonyl (C=O) groups is 1. The normalized spacial score (nSPS) is 10.3. The molecular weight excluding hydrogens is 250 g/mol. The van der Waals surface area contributed by atoms with Gasteiger partial charge in [-0.25, -0.2) is 0 Å². The Kier molecular flexibility index (Phi) is 4.35. The van der Waals surface area contributed by atoms with Crippen LogP contribution in [0.25, 0.3) is 0 Å². The molecule has 1 heterocycles. The third kappa shape index (κ3) is 3.15. The third-order valence-electron chi connectivity index (χ3n) is 3.02. The van der Waals surface area contributed by atoms with Gasteiger partial charge >= 0.3 is 0 Å². The van der Waals surface area contributed by atoms with Crippen LogP contribution in [0.3, 0.4) is 0 Å². The molecule has 4 nitrogen and oxygen atoms in total. The summed E-state index contributed by atoms with van der Waals surface area (Å²) in [5, 5.41) is 0. The quantitative estimate of drug-likeness (QED) is 0.868. The van der Waals surface area contributed by atoms with Crippen molar-refractivity contribution in [3.05, 3.63) is 53.9 Å². The molecule has 0 aliphatic rings. The molecule has 1 aromatic heterocycles. The molecule has 104 valence electrons. The topological polar surface area (TPSA) is 59.2 Å². The Labute approximate surface area is 119 Å². The van der Waals surface area contributed by atoms with Gasteiger partial charge in [0.05, 0.1) is 5.56 Å². The van der Waals surface area contributed by atoms with Crippen LogP contribution in [0.5, 0.6) is 0 Å². The number of carbonyl (C=O) groups excluding carboxylic acids is 1. The maximum atomic E-state index is 12.6. The lowest BCUT2D eigenvalue weighted by molar-refractivity contribution is 0.0986. The van der Waals surface area contributed by atoms with Gasteiger partial charge in [0.15, 0.2) is 0 Å². The minimum atomic E-state index is -0.0344. The first-order chi connectivity index (χ1) is 9.61. The van der Waals surface area contributed by atoms with Crippen molar-refractivity contribution < 1.29 is 4.79 Å². The third-order valence-corrected chi connectivity index (χ3v) is 3.02. The first-order valence-electron chi connectivity index (χ1n) is 6.71. The van der Waals surface area contributed by atoms with E-state index in [-0.39, 0.29) is 5.91 Å². The predicted octanol–water partition coefficient (Wildman–Crippen LogP) is 3.03. The van der Waals surface area contributed by atoms with Gasteiger partial charge < -0.3 is 10.6 Å². The number of nitrogen functional groups attached to an aromatic ring is 1. The van der Waals surface area contributed by atoms with Crippen LogP contribution in [0.1, 0.15) is 29.3 Å². The molecule has 0 fully saturated rings. The number of aryl methyl sites for hydroxylation is 1. The first kappa shape index (κ1) is 14.1. The molecule has 0 atom stereocenters. The van der Waals surface area contributed by atoms with Crippen LogP contribution in [0, 0.1) is 6.92 Å². The van der Waals surface area contributed by atoms with Crippen molar-refractivity contribution in [3.8, 4) is 0 Å². The number of nitrogens with two attached hydrogens (primary N) is 1. The Morgan fingerprint density at radius 3 is 2.55 bits per heavy atom. The molecule has 0 saturated carbocycles. The molecule has 0 aliphatic carbocycles. The molecule has 0 spiro atoms. The standard InChI is InChI=1S/C16H19N3O/c1-3-8-19(15-6-4-14(17)5-7-15)16(20)13-9-12(2)10-18-11-13/h4-7,9-11H,3,8,17H2,1-2H3. The maximum Gasteiger partial charge on any atom is 0.259 e. The minimum absolute atomic E-state index is 0.0344. The number of hydrogen-bond acceptors (Lipinski definition) is 3. The highest BCUT2D eigenvalue weighted by atomic mass is 16.2. The molecule has 20 heavy (non-hydrogen) atoms. The van der Waals surface area contributed by atoms with E-state index in [0.717, 1.165) is 17.7 Å². The monoisotopic (exact) mass is 269 g/mol. The number of benzene rings is 1. The molecule has 0 unspecified atom stereocenters. The largest absolute Gasteiger partial charge is 0.399 e. The zero-order valence-corrected chi connectivity index (χ0v) is 11.8. The van der Waals surface area contributed by atoms with E-state index >= 15 is 0 Å². The maximum absolute atomic E-state index is 12.6. The fourth-order valence-corrected chi connectivity index (χ4v) is 2.05. The highest BCUT2D eigenvalue weighted by Gasteiger charge is 2.17. The highest BCUT2D eigenvalue weighted by Crippen LogP contribution is 2.19. The van der Waals surface area contributed by atoms with Gasteiger partial charge in [0, 0.05) is 30.3 Å². The van der Waals surface area contributed by atoms with Gasteiger partial charge in [-0.2, -0.15) is 0 Å². The Balaban J connectivity index is 2.33. The first-order valence-corrected chi connectivity index (χ1v) is 6.71. The van der Waals surface area contributed by atoms with Crippen molar-refractivity contribution in [3.63, 3.8) is 0 Å². The van der Waals surface area contributed by atoms with Crippen LogP contribution in [0.2, 0.25) is 0 Å². The number of amides is 1. The summed E-state index contributed by atoms with van der Waals surface area (Å²) in [4.78, 5) is 18.5. The van der Waals surface area contributed by atoms with Gasteiger partial charge in [-0.3, -0.25) is 9.78 Å². The average Bonchev–Trinajstić information content (AvgIpc) is 2.45. The molecule has 0 saturated heterocycles. The summed E-state index contributed by atoms with van der Waals surface area (Å²) in [6, 6.07) is 9.20. The van der Waals surface area contributed by atoms with E-state index in [1.807, 2.05) is 32.0 Å². The summed E-state index contributed by atoms with van der Waals surface area (Å²) in [5.41, 5.74) is 8.82. The molecule has 0 aliphatic heterocycles. The molecule has 2 N–H and O–H groups in total. The second-order valence-electron chi connectivity index (χ2n) is 4.80. The van der Waals surface area contributed by atoms with Gasteiger partial charge in [-0.1, -0.05) is 6.92 Å². The zero-order valence-electron chi connectivity index (χ0n) is 11.8. The molecule has 2 aromatic rings. The molecular formula is C16H19N3O. The minimum Gasteiger partial charge on any atom is -0.399 e. The van der Waals surface area contributed by atoms with Crippen LogP contribution in [0.4, 0.5) is 11.4 Å². The Morgan fingerprint density at radius 1 is 1.25 bits per heavy atom. The fourth-order valence-electron chi connectivity index (χ4n) is 2.05. The fraction of sp³-hybridized carbons (Fsp3) is 0.250. The van der Waals surface area contributed by atoms with Crippen molar-refractivity contribution in [1.82, 2.24) is 4.98 Å². The van der Waals surface area contributed by atoms with Crippen molar-refractivity contribution in [2.24, 2.45) is 0 Å². The lowest BCUT2D eigenvalue weighted by Crippen LogP contribution is -2.31. The number of hydrogen-bond donors (Lipinski definition) is 1. The summed E-state index contributed by atoms with van der Waals surface area (Å²) in [6.45, 7) is 4.64. The van der Waals surface area contributed by atoms with Crippen LogP contribution < -0.4 is 10.6 Å². The lowest BCUT2D eigenvalue weighted by Gasteiger charge is -2.22. The highest BCUT2D eigenvalue weighted by molar-refractivity contribution is 6.06. The van der Waals surface area contributed by atoms with E-state index in [2.05, 4.69) is 4.98 Å². The van der Waals surface area contributed by atoms with E-state index in [0.29, 0.717) is 17.8 Å². The second-order valence-corrected chi connectivity index (χ2v) is 4.80. The molecule has 0 radical (unpaired) electrons. The predicted molar refractivity (Wildman–Crippen MR) is 81.8 cm³/mol. The van der Waals surface area contributed by atoms with E-state index in [9.17, 15) is 4.79 Å².